The molecule has 0 aliphatic carbocycles. The molecular weight excluding hydrogens is 242 g/mol. The summed E-state index contributed by atoms with van der Waals surface area (Å²) in [6, 6.07) is 0.153. The third-order valence-electron chi connectivity index (χ3n) is 3.47. The van der Waals surface area contributed by atoms with Crippen LogP contribution in [-0.4, -0.2) is 48.4 Å². The number of hydrogen-bond donors (Lipinski definition) is 2. The summed E-state index contributed by atoms with van der Waals surface area (Å²) in [6.07, 6.45) is 1.86. The van der Waals surface area contributed by atoms with E-state index in [1.165, 1.54) is 0 Å². The molecule has 0 aromatic heterocycles. The van der Waals surface area contributed by atoms with Crippen molar-refractivity contribution in [3.8, 4) is 0 Å². The topological polar surface area (TPSA) is 53.6 Å². The largest absolute Gasteiger partial charge is 0.364 e. The minimum atomic E-state index is -0.0390. The second kappa shape index (κ2) is 6.09. The van der Waals surface area contributed by atoms with E-state index >= 15 is 0 Å². The summed E-state index contributed by atoms with van der Waals surface area (Å²) in [6.45, 7) is 11.6. The molecule has 1 heterocycles. The molecule has 112 valence electrons. The smallest absolute Gasteiger partial charge is 0.319 e. The van der Waals surface area contributed by atoms with Crippen molar-refractivity contribution in [3.05, 3.63) is 0 Å². The first-order chi connectivity index (χ1) is 8.71. The maximum Gasteiger partial charge on any atom is 0.319 e. The van der Waals surface area contributed by atoms with Crippen LogP contribution in [0.3, 0.4) is 0 Å². The Morgan fingerprint density at radius 3 is 2.26 bits per heavy atom. The van der Waals surface area contributed by atoms with Crippen molar-refractivity contribution in [2.24, 2.45) is 0 Å². The summed E-state index contributed by atoms with van der Waals surface area (Å²) >= 11 is 0. The molecule has 19 heavy (non-hydrogen) atoms. The first-order valence-electron chi connectivity index (χ1n) is 7.03. The summed E-state index contributed by atoms with van der Waals surface area (Å²) in [4.78, 5) is 14.0. The predicted molar refractivity (Wildman–Crippen MR) is 77.1 cm³/mol. The molecule has 0 atom stereocenters. The molecule has 0 spiro atoms. The molecule has 2 N–H and O–H groups in total. The Morgan fingerprint density at radius 2 is 1.84 bits per heavy atom. The first kappa shape index (κ1) is 16.2. The fourth-order valence-electron chi connectivity index (χ4n) is 3.21. The second-order valence-electron chi connectivity index (χ2n) is 6.68. The van der Waals surface area contributed by atoms with E-state index in [1.54, 1.807) is 7.11 Å². The minimum Gasteiger partial charge on any atom is -0.364 e. The molecule has 1 rings (SSSR count). The number of ether oxygens (including phenoxy) is 1. The van der Waals surface area contributed by atoms with Gasteiger partial charge in [0.25, 0.3) is 0 Å². The molecule has 0 saturated carbocycles. The van der Waals surface area contributed by atoms with Crippen LogP contribution in [-0.2, 0) is 4.74 Å². The molecular formula is C14H29N3O2. The van der Waals surface area contributed by atoms with Crippen LogP contribution in [0.25, 0.3) is 0 Å². The van der Waals surface area contributed by atoms with Gasteiger partial charge in [0.15, 0.2) is 0 Å². The highest BCUT2D eigenvalue weighted by Crippen LogP contribution is 2.31. The number of nitrogens with zero attached hydrogens (tertiary/aromatic N) is 1. The van der Waals surface area contributed by atoms with Crippen LogP contribution in [0.5, 0.6) is 0 Å². The van der Waals surface area contributed by atoms with Gasteiger partial charge in [-0.1, -0.05) is 0 Å². The van der Waals surface area contributed by atoms with Crippen molar-refractivity contribution in [1.82, 2.24) is 15.5 Å². The van der Waals surface area contributed by atoms with Gasteiger partial charge >= 0.3 is 6.03 Å². The zero-order chi connectivity index (χ0) is 14.7. The van der Waals surface area contributed by atoms with Crippen molar-refractivity contribution in [2.45, 2.75) is 64.6 Å². The Labute approximate surface area is 117 Å². The van der Waals surface area contributed by atoms with Crippen molar-refractivity contribution in [3.63, 3.8) is 0 Å². The van der Waals surface area contributed by atoms with Gasteiger partial charge in [-0.3, -0.25) is 4.90 Å². The van der Waals surface area contributed by atoms with Gasteiger partial charge in [0.2, 0.25) is 0 Å². The molecule has 1 fully saturated rings. The first-order valence-corrected chi connectivity index (χ1v) is 7.03. The Morgan fingerprint density at radius 1 is 1.32 bits per heavy atom. The highest BCUT2D eigenvalue weighted by Gasteiger charge is 2.41. The molecule has 0 aromatic carbocycles. The summed E-state index contributed by atoms with van der Waals surface area (Å²) in [5.41, 5.74) is 0.0375. The van der Waals surface area contributed by atoms with E-state index in [2.05, 4.69) is 38.3 Å². The zero-order valence-corrected chi connectivity index (χ0v) is 13.2. The number of amides is 2. The van der Waals surface area contributed by atoms with Crippen LogP contribution in [0.4, 0.5) is 4.79 Å². The number of nitrogens with one attached hydrogen (secondary N) is 2. The van der Waals surface area contributed by atoms with E-state index in [1.807, 2.05) is 11.8 Å². The molecule has 5 heteroatoms. The van der Waals surface area contributed by atoms with Crippen LogP contribution in [0.15, 0.2) is 0 Å². The normalized spacial score (nSPS) is 22.0. The Hall–Kier alpha value is -0.810. The molecule has 0 radical (unpaired) electrons. The number of methoxy groups -OCH3 is 1. The van der Waals surface area contributed by atoms with E-state index in [-0.39, 0.29) is 23.2 Å². The third-order valence-corrected chi connectivity index (χ3v) is 3.47. The highest BCUT2D eigenvalue weighted by atomic mass is 16.5. The van der Waals surface area contributed by atoms with E-state index in [4.69, 9.17) is 4.74 Å². The summed E-state index contributed by atoms with van der Waals surface area (Å²) in [5, 5.41) is 6.50. The van der Waals surface area contributed by atoms with E-state index < -0.39 is 0 Å². The van der Waals surface area contributed by atoms with Crippen LogP contribution >= 0.6 is 0 Å². The molecule has 0 unspecified atom stereocenters. The average molecular weight is 271 g/mol. The number of carbonyl (C=O) groups is 1. The van der Waals surface area contributed by atoms with Gasteiger partial charge in [-0.15, -0.1) is 0 Å². The highest BCUT2D eigenvalue weighted by molar-refractivity contribution is 5.74. The number of hydrogen-bond acceptors (Lipinski definition) is 3. The summed E-state index contributed by atoms with van der Waals surface area (Å²) in [5.74, 6) is 0. The van der Waals surface area contributed by atoms with Crippen molar-refractivity contribution in [1.29, 1.82) is 0 Å². The van der Waals surface area contributed by atoms with Crippen LogP contribution in [0.1, 0.15) is 47.5 Å². The second-order valence-corrected chi connectivity index (χ2v) is 6.68. The predicted octanol–water partition coefficient (Wildman–Crippen LogP) is 1.93. The van der Waals surface area contributed by atoms with E-state index in [9.17, 15) is 4.79 Å². The number of urea groups is 1. The molecule has 0 bridgehead atoms. The maximum atomic E-state index is 12.2. The van der Waals surface area contributed by atoms with Crippen molar-refractivity contribution >= 4 is 6.03 Å². The Bertz CT molecular complexity index is 300. The Kier molecular flexibility index (Phi) is 5.21. The number of carbonyl (C=O) groups excluding carboxylic acids is 1. The average Bonchev–Trinajstić information content (AvgIpc) is 2.21. The van der Waals surface area contributed by atoms with Crippen molar-refractivity contribution < 1.29 is 9.53 Å². The molecule has 5 nitrogen and oxygen atoms in total. The van der Waals surface area contributed by atoms with Gasteiger partial charge in [0, 0.05) is 30.8 Å². The van der Waals surface area contributed by atoms with E-state index in [0.29, 0.717) is 13.3 Å². The lowest BCUT2D eigenvalue weighted by Gasteiger charge is -2.49. The quantitative estimate of drug-likeness (QED) is 0.768. The lowest BCUT2D eigenvalue weighted by molar-refractivity contribution is 0.0176. The SMILES string of the molecule is CCNC(=O)N(COC)C1CC(C)(C)NC(C)(C)C1. The van der Waals surface area contributed by atoms with Gasteiger partial charge in [-0.2, -0.15) is 0 Å². The van der Waals surface area contributed by atoms with Crippen LogP contribution in [0, 0.1) is 0 Å². The number of rotatable bonds is 4. The molecule has 2 amide bonds. The third kappa shape index (κ3) is 4.66. The van der Waals surface area contributed by atoms with Crippen molar-refractivity contribution in [2.75, 3.05) is 20.4 Å². The van der Waals surface area contributed by atoms with Gasteiger partial charge in [-0.05, 0) is 47.5 Å². The van der Waals surface area contributed by atoms with Crippen LogP contribution < -0.4 is 10.6 Å². The molecule has 1 aliphatic heterocycles. The number of piperidine rings is 1. The monoisotopic (exact) mass is 271 g/mol. The Balaban J connectivity index is 2.85. The lowest BCUT2D eigenvalue weighted by atomic mass is 9.79. The van der Waals surface area contributed by atoms with Crippen LogP contribution in [0.2, 0.25) is 0 Å². The summed E-state index contributed by atoms with van der Waals surface area (Å²) in [7, 11) is 1.63. The maximum absolute atomic E-state index is 12.2. The van der Waals surface area contributed by atoms with E-state index in [0.717, 1.165) is 12.8 Å². The fourth-order valence-corrected chi connectivity index (χ4v) is 3.21. The molecule has 1 aliphatic rings. The van der Waals surface area contributed by atoms with Gasteiger partial charge in [0.05, 0.1) is 0 Å². The molecule has 1 saturated heterocycles. The standard InChI is InChI=1S/C14H29N3O2/c1-7-15-12(18)17(10-19-6)11-8-13(2,3)16-14(4,5)9-11/h11,16H,7-10H2,1-6H3,(H,15,18). The fraction of sp³-hybridized carbons (Fsp3) is 0.929. The molecule has 0 aromatic rings. The summed E-state index contributed by atoms with van der Waals surface area (Å²) < 4.78 is 5.21. The van der Waals surface area contributed by atoms with Gasteiger partial charge < -0.3 is 15.4 Å². The van der Waals surface area contributed by atoms with Gasteiger partial charge in [0.1, 0.15) is 6.73 Å². The van der Waals surface area contributed by atoms with Gasteiger partial charge in [-0.25, -0.2) is 4.79 Å². The zero-order valence-electron chi connectivity index (χ0n) is 13.2. The minimum absolute atomic E-state index is 0.0188. The lowest BCUT2D eigenvalue weighted by Crippen LogP contribution is -2.63.